The van der Waals surface area contributed by atoms with Gasteiger partial charge in [0.25, 0.3) is 0 Å². The van der Waals surface area contributed by atoms with Gasteiger partial charge in [0.2, 0.25) is 0 Å². The number of nitrogens with zero attached hydrogens (tertiary/aromatic N) is 12. The second-order valence-corrected chi connectivity index (χ2v) is 27.9. The summed E-state index contributed by atoms with van der Waals surface area (Å²) in [5.74, 6) is 0. The summed E-state index contributed by atoms with van der Waals surface area (Å²) < 4.78 is 8.75. The van der Waals surface area contributed by atoms with Gasteiger partial charge in [-0.05, 0) is 218 Å². The van der Waals surface area contributed by atoms with Gasteiger partial charge < -0.3 is 18.3 Å². The topological polar surface area (TPSA) is 188 Å². The van der Waals surface area contributed by atoms with Crippen LogP contribution >= 0.6 is 0 Å². The maximum atomic E-state index is 12.0. The SMILES string of the molecule is N#Cc1ccccc1-c1ccc2c(c1)c1ccccc1n2-c1cc(-c2ccncc2)cc(-n2c3ccc(-c4ccc(C#N)c(-c5ccc6c7ccccc7n(-c7cc(-c8ccncc8)cc(-n8c9ccccc9c9ccc(-c%10ccccc%10C#N)cc98)c7C#N)c6c5)c4)cc3c3cc(-c4ccccc4C#N)ccc32)c1C#N. The second-order valence-electron chi connectivity index (χ2n) is 27.9. The van der Waals surface area contributed by atoms with Gasteiger partial charge in [0.1, 0.15) is 23.3 Å². The fraction of sp³-hybridized carbons (Fsp3) is 0. The number of aromatic nitrogens is 6. The van der Waals surface area contributed by atoms with Crippen molar-refractivity contribution in [3.63, 3.8) is 0 Å². The number of rotatable bonds is 11. The molecule has 0 atom stereocenters. The lowest BCUT2D eigenvalue weighted by atomic mass is 9.93. The summed E-state index contributed by atoms with van der Waals surface area (Å²) in [6.07, 6.45) is 7.11. The molecule has 0 aliphatic rings. The number of nitriles is 6. The molecule has 6 heterocycles. The Hall–Kier alpha value is -16.5. The van der Waals surface area contributed by atoms with Crippen LogP contribution in [0, 0.1) is 68.0 Å². The highest BCUT2D eigenvalue weighted by Crippen LogP contribution is 2.47. The van der Waals surface area contributed by atoms with Gasteiger partial charge in [-0.2, -0.15) is 31.6 Å². The average molecular weight is 1420 g/mol. The molecule has 20 aromatic rings. The smallest absolute Gasteiger partial charge is 0.104 e. The van der Waals surface area contributed by atoms with Gasteiger partial charge in [-0.25, -0.2) is 0 Å². The molecule has 0 N–H and O–H groups in total. The summed E-state index contributed by atoms with van der Waals surface area (Å²) in [5.41, 5.74) is 24.3. The molecular formula is C100H54N12. The average Bonchev–Trinajstić information content (AvgIpc) is 1.56. The number of benzene rings is 14. The maximum absolute atomic E-state index is 12.0. The van der Waals surface area contributed by atoms with E-state index in [1.54, 1.807) is 24.8 Å². The molecule has 20 rings (SSSR count). The summed E-state index contributed by atoms with van der Waals surface area (Å²) in [5, 5.41) is 74.0. The van der Waals surface area contributed by atoms with Gasteiger partial charge >= 0.3 is 0 Å². The lowest BCUT2D eigenvalue weighted by molar-refractivity contribution is 1.12. The van der Waals surface area contributed by atoms with Gasteiger partial charge in [-0.3, -0.25) is 9.97 Å². The van der Waals surface area contributed by atoms with E-state index in [4.69, 9.17) is 0 Å². The van der Waals surface area contributed by atoms with Crippen LogP contribution in [0.2, 0.25) is 0 Å². The van der Waals surface area contributed by atoms with Crippen molar-refractivity contribution >= 4 is 87.2 Å². The van der Waals surface area contributed by atoms with Crippen LogP contribution in [0.25, 0.3) is 188 Å². The third-order valence-corrected chi connectivity index (χ3v) is 22.1. The molecule has 12 nitrogen and oxygen atoms in total. The van der Waals surface area contributed by atoms with Gasteiger partial charge in [-0.1, -0.05) is 158 Å². The molecule has 0 saturated carbocycles. The summed E-state index contributed by atoms with van der Waals surface area (Å²) in [4.78, 5) is 8.84. The number of pyridine rings is 2. The number of fused-ring (bicyclic) bond motifs is 12. The molecule has 0 saturated heterocycles. The quantitative estimate of drug-likeness (QED) is 0.122. The van der Waals surface area contributed by atoms with Crippen LogP contribution < -0.4 is 0 Å². The van der Waals surface area contributed by atoms with Crippen LogP contribution in [0.4, 0.5) is 0 Å². The molecule has 514 valence electrons. The van der Waals surface area contributed by atoms with E-state index in [0.29, 0.717) is 61.7 Å². The summed E-state index contributed by atoms with van der Waals surface area (Å²) in [7, 11) is 0. The van der Waals surface area contributed by atoms with Crippen LogP contribution in [0.1, 0.15) is 33.4 Å². The standard InChI is InChI=1S/C100H54N12/c101-55-69-13-1-4-16-75(69)65-30-35-92-84(47-65)80-21-9-12-24-91(80)109(92)97-51-73(61-37-41-107-42-38-61)52-98(87(97)59-105)110-93-34-29-64(46-85(93)86-48-66(31-36-94(86)110)76-17-5-2-14-70(76)56-102)63-25-26-72(58-104)83(45-63)68-28-33-82-79-20-8-11-23-90(79)112(96(82)50-68)100-54-74(62-39-43-108-44-40-62)53-99(88(100)60-106)111-89-22-10-7-19-78(89)81-32-27-67(49-95(81)111)77-18-6-3-15-71(77)57-103/h1-54H. The molecule has 6 aromatic heterocycles. The molecule has 0 radical (unpaired) electrons. The van der Waals surface area contributed by atoms with Gasteiger partial charge in [-0.15, -0.1) is 0 Å². The summed E-state index contributed by atoms with van der Waals surface area (Å²) in [6, 6.07) is 117. The highest BCUT2D eigenvalue weighted by atomic mass is 15.0. The van der Waals surface area contributed by atoms with Crippen molar-refractivity contribution in [2.75, 3.05) is 0 Å². The van der Waals surface area contributed by atoms with Crippen LogP contribution in [-0.2, 0) is 0 Å². The molecule has 0 fully saturated rings. The predicted molar refractivity (Wildman–Crippen MR) is 446 cm³/mol. The molecule has 12 heteroatoms. The minimum atomic E-state index is 0.428. The lowest BCUT2D eigenvalue weighted by Crippen LogP contribution is -2.05. The van der Waals surface area contributed by atoms with E-state index in [1.807, 2.05) is 158 Å². The normalized spacial score (nSPS) is 11.3. The van der Waals surface area contributed by atoms with Gasteiger partial charge in [0.05, 0.1) is 113 Å². The first-order valence-corrected chi connectivity index (χ1v) is 36.5. The highest BCUT2D eigenvalue weighted by Gasteiger charge is 2.28. The van der Waals surface area contributed by atoms with E-state index in [1.165, 1.54) is 0 Å². The number of hydrogen-bond acceptors (Lipinski definition) is 8. The number of hydrogen-bond donors (Lipinski definition) is 0. The number of para-hydroxylation sites is 3. The Morgan fingerprint density at radius 1 is 0.188 bits per heavy atom. The van der Waals surface area contributed by atoms with Crippen molar-refractivity contribution < 1.29 is 0 Å². The zero-order valence-corrected chi connectivity index (χ0v) is 59.5. The van der Waals surface area contributed by atoms with E-state index in [2.05, 4.69) is 210 Å². The van der Waals surface area contributed by atoms with E-state index in [-0.39, 0.29) is 0 Å². The van der Waals surface area contributed by atoms with E-state index < -0.39 is 0 Å². The van der Waals surface area contributed by atoms with E-state index >= 15 is 0 Å². The third-order valence-electron chi connectivity index (χ3n) is 22.1. The first kappa shape index (κ1) is 65.1. The van der Waals surface area contributed by atoms with Crippen molar-refractivity contribution in [1.82, 2.24) is 28.2 Å². The molecule has 0 aliphatic heterocycles. The first-order valence-electron chi connectivity index (χ1n) is 36.5. The Morgan fingerprint density at radius 3 is 0.884 bits per heavy atom. The van der Waals surface area contributed by atoms with Crippen LogP contribution in [0.3, 0.4) is 0 Å². The largest absolute Gasteiger partial charge is 0.308 e. The minimum absolute atomic E-state index is 0.428. The zero-order chi connectivity index (χ0) is 75.2. The van der Waals surface area contributed by atoms with Crippen molar-refractivity contribution in [2.45, 2.75) is 0 Å². The Balaban J connectivity index is 0.785. The highest BCUT2D eigenvalue weighted by molar-refractivity contribution is 6.16. The molecular weight excluding hydrogens is 1370 g/mol. The monoisotopic (exact) mass is 1420 g/mol. The fourth-order valence-electron chi connectivity index (χ4n) is 17.0. The molecule has 0 unspecified atom stereocenters. The summed E-state index contributed by atoms with van der Waals surface area (Å²) >= 11 is 0. The predicted octanol–water partition coefficient (Wildman–Crippen LogP) is 23.8. The van der Waals surface area contributed by atoms with Crippen molar-refractivity contribution in [3.05, 3.63) is 361 Å². The van der Waals surface area contributed by atoms with Gasteiger partial charge in [0.15, 0.2) is 0 Å². The maximum Gasteiger partial charge on any atom is 0.104 e. The minimum Gasteiger partial charge on any atom is -0.308 e. The Morgan fingerprint density at radius 2 is 0.473 bits per heavy atom. The van der Waals surface area contributed by atoms with E-state index in [0.717, 1.165) is 160 Å². The van der Waals surface area contributed by atoms with Gasteiger partial charge in [0, 0.05) is 73.4 Å². The summed E-state index contributed by atoms with van der Waals surface area (Å²) in [6.45, 7) is 0. The molecule has 112 heavy (non-hydrogen) atoms. The Labute approximate surface area is 641 Å². The molecule has 0 aliphatic carbocycles. The molecule has 0 amide bonds. The van der Waals surface area contributed by atoms with Crippen LogP contribution in [-0.4, -0.2) is 28.2 Å². The van der Waals surface area contributed by atoms with Crippen molar-refractivity contribution in [3.8, 4) is 137 Å². The molecule has 0 spiro atoms. The lowest BCUT2D eigenvalue weighted by Gasteiger charge is -2.19. The second kappa shape index (κ2) is 26.2. The van der Waals surface area contributed by atoms with Crippen molar-refractivity contribution in [1.29, 1.82) is 31.6 Å². The fourth-order valence-corrected chi connectivity index (χ4v) is 17.0. The Bertz CT molecular complexity index is 7720. The van der Waals surface area contributed by atoms with Crippen LogP contribution in [0.5, 0.6) is 0 Å². The van der Waals surface area contributed by atoms with Crippen molar-refractivity contribution in [2.24, 2.45) is 0 Å². The first-order chi connectivity index (χ1) is 55.3. The Kier molecular flexibility index (Phi) is 15.2. The van der Waals surface area contributed by atoms with Crippen LogP contribution in [0.15, 0.2) is 328 Å². The van der Waals surface area contributed by atoms with E-state index in [9.17, 15) is 31.6 Å². The third kappa shape index (κ3) is 10.2. The zero-order valence-electron chi connectivity index (χ0n) is 59.5. The molecule has 14 aromatic carbocycles. The molecule has 0 bridgehead atoms.